The minimum atomic E-state index is -0.435. The summed E-state index contributed by atoms with van der Waals surface area (Å²) in [4.78, 5) is 35.0. The van der Waals surface area contributed by atoms with E-state index in [1.54, 1.807) is 0 Å². The summed E-state index contributed by atoms with van der Waals surface area (Å²) in [6.45, 7) is 10.7. The molecule has 1 unspecified atom stereocenters. The van der Waals surface area contributed by atoms with E-state index in [1.807, 2.05) is 4.57 Å². The SMILES string of the molecule is CC(C)=C(C)Cn1c(N2CCC[C@@H](NC3CCCNC3)C2)nc2[nH]c(=O)n(C)c(=O)c21. The molecule has 9 nitrogen and oxygen atoms in total. The zero-order valence-electron chi connectivity index (χ0n) is 19.1. The number of hydrogen-bond acceptors (Lipinski definition) is 6. The van der Waals surface area contributed by atoms with Crippen molar-refractivity contribution in [3.05, 3.63) is 32.0 Å². The van der Waals surface area contributed by atoms with Crippen molar-refractivity contribution >= 4 is 17.1 Å². The Morgan fingerprint density at radius 3 is 2.65 bits per heavy atom. The van der Waals surface area contributed by atoms with Crippen LogP contribution in [0.4, 0.5) is 5.95 Å². The molecule has 2 fully saturated rings. The lowest BCUT2D eigenvalue weighted by atomic mass is 10.0. The van der Waals surface area contributed by atoms with Gasteiger partial charge in [-0.25, -0.2) is 4.79 Å². The monoisotopic (exact) mass is 429 g/mol. The number of aromatic nitrogens is 4. The van der Waals surface area contributed by atoms with Gasteiger partial charge in [-0.2, -0.15) is 4.98 Å². The van der Waals surface area contributed by atoms with Gasteiger partial charge < -0.3 is 20.1 Å². The topological polar surface area (TPSA) is 100.0 Å². The maximum absolute atomic E-state index is 13.0. The number of nitrogens with zero attached hydrogens (tertiary/aromatic N) is 4. The van der Waals surface area contributed by atoms with E-state index in [4.69, 9.17) is 4.98 Å². The normalized spacial score (nSPS) is 22.1. The average Bonchev–Trinajstić information content (AvgIpc) is 3.11. The Kier molecular flexibility index (Phi) is 6.34. The Bertz CT molecular complexity index is 1080. The molecular weight excluding hydrogens is 394 g/mol. The lowest BCUT2D eigenvalue weighted by Crippen LogP contribution is -2.53. The molecule has 2 atom stereocenters. The van der Waals surface area contributed by atoms with Crippen LogP contribution in [0.15, 0.2) is 20.7 Å². The van der Waals surface area contributed by atoms with Crippen molar-refractivity contribution in [1.82, 2.24) is 29.7 Å². The molecule has 2 aliphatic heterocycles. The first-order valence-corrected chi connectivity index (χ1v) is 11.4. The summed E-state index contributed by atoms with van der Waals surface area (Å²) in [5, 5.41) is 7.30. The molecule has 9 heteroatoms. The molecule has 0 saturated carbocycles. The van der Waals surface area contributed by atoms with Crippen molar-refractivity contribution in [2.75, 3.05) is 31.1 Å². The van der Waals surface area contributed by atoms with Crippen molar-refractivity contribution < 1.29 is 0 Å². The first kappa shape index (κ1) is 21.8. The number of anilines is 1. The average molecular weight is 430 g/mol. The molecule has 4 heterocycles. The molecule has 3 N–H and O–H groups in total. The molecule has 0 aliphatic carbocycles. The second-order valence-corrected chi connectivity index (χ2v) is 9.26. The summed E-state index contributed by atoms with van der Waals surface area (Å²) in [5.41, 5.74) is 2.50. The lowest BCUT2D eigenvalue weighted by molar-refractivity contribution is 0.322. The van der Waals surface area contributed by atoms with Crippen LogP contribution in [0, 0.1) is 0 Å². The number of imidazole rings is 1. The highest BCUT2D eigenvalue weighted by molar-refractivity contribution is 5.74. The molecule has 0 bridgehead atoms. The van der Waals surface area contributed by atoms with Gasteiger partial charge in [0.05, 0.1) is 0 Å². The molecule has 4 rings (SSSR count). The van der Waals surface area contributed by atoms with Crippen LogP contribution in [0.1, 0.15) is 46.5 Å². The van der Waals surface area contributed by atoms with Crippen molar-refractivity contribution in [2.45, 2.75) is 65.1 Å². The molecular formula is C22H35N7O2. The predicted molar refractivity (Wildman–Crippen MR) is 124 cm³/mol. The predicted octanol–water partition coefficient (Wildman–Crippen LogP) is 1.09. The fourth-order valence-corrected chi connectivity index (χ4v) is 4.59. The third-order valence-electron chi connectivity index (χ3n) is 6.71. The van der Waals surface area contributed by atoms with Gasteiger partial charge >= 0.3 is 5.69 Å². The van der Waals surface area contributed by atoms with Gasteiger partial charge in [0.25, 0.3) is 5.56 Å². The summed E-state index contributed by atoms with van der Waals surface area (Å²) < 4.78 is 3.11. The third-order valence-corrected chi connectivity index (χ3v) is 6.71. The minimum Gasteiger partial charge on any atom is -0.341 e. The zero-order chi connectivity index (χ0) is 22.1. The van der Waals surface area contributed by atoms with E-state index in [1.165, 1.54) is 31.0 Å². The molecule has 0 radical (unpaired) electrons. The van der Waals surface area contributed by atoms with Gasteiger partial charge in [0.15, 0.2) is 11.2 Å². The zero-order valence-corrected chi connectivity index (χ0v) is 19.1. The molecule has 2 aromatic heterocycles. The Morgan fingerprint density at radius 1 is 1.16 bits per heavy atom. The standard InChI is InChI=1S/C22H35N7O2/c1-14(2)15(3)12-29-18-19(26-22(31)27(4)20(18)30)25-21(29)28-10-6-8-17(13-28)24-16-7-5-9-23-11-16/h16-17,23-24H,5-13H2,1-4H3,(H,26,31)/t16?,17-/m1/s1. The Labute approximate surface area is 182 Å². The quantitative estimate of drug-likeness (QED) is 0.616. The summed E-state index contributed by atoms with van der Waals surface area (Å²) in [6, 6.07) is 0.896. The number of fused-ring (bicyclic) bond motifs is 1. The van der Waals surface area contributed by atoms with Crippen LogP contribution in [0.3, 0.4) is 0 Å². The minimum absolute atomic E-state index is 0.306. The van der Waals surface area contributed by atoms with E-state index < -0.39 is 5.69 Å². The van der Waals surface area contributed by atoms with Crippen LogP contribution in [-0.4, -0.2) is 57.4 Å². The smallest absolute Gasteiger partial charge is 0.329 e. The van der Waals surface area contributed by atoms with E-state index in [0.717, 1.165) is 49.5 Å². The van der Waals surface area contributed by atoms with Crippen molar-refractivity contribution in [3.63, 3.8) is 0 Å². The molecule has 2 aromatic rings. The fourth-order valence-electron chi connectivity index (χ4n) is 4.59. The highest BCUT2D eigenvalue weighted by Crippen LogP contribution is 2.24. The first-order chi connectivity index (χ1) is 14.8. The van der Waals surface area contributed by atoms with Gasteiger partial charge in [-0.1, -0.05) is 11.1 Å². The summed E-state index contributed by atoms with van der Waals surface area (Å²) in [6.07, 6.45) is 4.62. The van der Waals surface area contributed by atoms with Crippen LogP contribution in [0.25, 0.3) is 11.2 Å². The highest BCUT2D eigenvalue weighted by atomic mass is 16.2. The summed E-state index contributed by atoms with van der Waals surface area (Å²) >= 11 is 0. The number of piperidine rings is 2. The molecule has 0 spiro atoms. The molecule has 170 valence electrons. The highest BCUT2D eigenvalue weighted by Gasteiger charge is 2.28. The van der Waals surface area contributed by atoms with Gasteiger partial charge in [0.1, 0.15) is 0 Å². The van der Waals surface area contributed by atoms with E-state index in [2.05, 4.69) is 41.3 Å². The molecule has 0 amide bonds. The molecule has 2 saturated heterocycles. The van der Waals surface area contributed by atoms with Gasteiger partial charge in [0.2, 0.25) is 5.95 Å². The fraction of sp³-hybridized carbons (Fsp3) is 0.682. The summed E-state index contributed by atoms with van der Waals surface area (Å²) in [7, 11) is 1.50. The number of hydrogen-bond donors (Lipinski definition) is 3. The number of aromatic amines is 1. The van der Waals surface area contributed by atoms with E-state index in [0.29, 0.717) is 29.8 Å². The van der Waals surface area contributed by atoms with E-state index in [-0.39, 0.29) is 5.56 Å². The van der Waals surface area contributed by atoms with Crippen LogP contribution >= 0.6 is 0 Å². The van der Waals surface area contributed by atoms with Gasteiger partial charge in [-0.3, -0.25) is 14.3 Å². The Balaban J connectivity index is 1.70. The van der Waals surface area contributed by atoms with Crippen LogP contribution in [-0.2, 0) is 13.6 Å². The van der Waals surface area contributed by atoms with Crippen molar-refractivity contribution in [2.24, 2.45) is 7.05 Å². The summed E-state index contributed by atoms with van der Waals surface area (Å²) in [5.74, 6) is 0.766. The first-order valence-electron chi connectivity index (χ1n) is 11.4. The van der Waals surface area contributed by atoms with E-state index in [9.17, 15) is 9.59 Å². The van der Waals surface area contributed by atoms with Crippen LogP contribution in [0.2, 0.25) is 0 Å². The number of rotatable bonds is 5. The van der Waals surface area contributed by atoms with Gasteiger partial charge in [-0.15, -0.1) is 0 Å². The number of allylic oxidation sites excluding steroid dienone is 2. The number of H-pyrrole nitrogens is 1. The molecule has 2 aliphatic rings. The molecule has 31 heavy (non-hydrogen) atoms. The number of nitrogens with one attached hydrogen (secondary N) is 3. The Morgan fingerprint density at radius 2 is 1.94 bits per heavy atom. The maximum Gasteiger partial charge on any atom is 0.329 e. The van der Waals surface area contributed by atoms with Crippen LogP contribution < -0.4 is 26.8 Å². The lowest BCUT2D eigenvalue weighted by Gasteiger charge is -2.37. The van der Waals surface area contributed by atoms with Gasteiger partial charge in [0, 0.05) is 45.3 Å². The Hall–Kier alpha value is -2.39. The van der Waals surface area contributed by atoms with Crippen molar-refractivity contribution in [1.29, 1.82) is 0 Å². The second kappa shape index (κ2) is 9.00. The van der Waals surface area contributed by atoms with Crippen molar-refractivity contribution in [3.8, 4) is 0 Å². The third kappa shape index (κ3) is 4.48. The second-order valence-electron chi connectivity index (χ2n) is 9.26. The maximum atomic E-state index is 13.0. The van der Waals surface area contributed by atoms with Crippen LogP contribution in [0.5, 0.6) is 0 Å². The van der Waals surface area contributed by atoms with Gasteiger partial charge in [-0.05, 0) is 53.0 Å². The van der Waals surface area contributed by atoms with E-state index >= 15 is 0 Å². The molecule has 0 aromatic carbocycles. The largest absolute Gasteiger partial charge is 0.341 e.